The van der Waals surface area contributed by atoms with Gasteiger partial charge in [-0.05, 0) is 58.7 Å². The van der Waals surface area contributed by atoms with Gasteiger partial charge in [-0.3, -0.25) is 4.90 Å². The zero-order valence-electron chi connectivity index (χ0n) is 18.5. The lowest BCUT2D eigenvalue weighted by molar-refractivity contribution is -0.145. The number of pyridine rings is 1. The maximum absolute atomic E-state index is 12.9. The lowest BCUT2D eigenvalue weighted by Crippen LogP contribution is -2.46. The Balaban J connectivity index is 1.69. The predicted octanol–water partition coefficient (Wildman–Crippen LogP) is 4.44. The van der Waals surface area contributed by atoms with Crippen LogP contribution in [0.5, 0.6) is 5.75 Å². The molecule has 2 unspecified atom stereocenters. The molecule has 3 heterocycles. The van der Waals surface area contributed by atoms with Crippen LogP contribution in [-0.4, -0.2) is 52.8 Å². The molecule has 0 saturated carbocycles. The first-order valence-electron chi connectivity index (χ1n) is 10.4. The van der Waals surface area contributed by atoms with Crippen molar-refractivity contribution in [3.8, 4) is 5.75 Å². The molecule has 2 aliphatic rings. The number of fused-ring (bicyclic) bond motifs is 3. The van der Waals surface area contributed by atoms with E-state index < -0.39 is 29.3 Å². The highest BCUT2D eigenvalue weighted by molar-refractivity contribution is 6.31. The van der Waals surface area contributed by atoms with Gasteiger partial charge in [0.15, 0.2) is 0 Å². The van der Waals surface area contributed by atoms with Crippen molar-refractivity contribution in [2.45, 2.75) is 64.2 Å². The first-order chi connectivity index (χ1) is 14.5. The minimum atomic E-state index is -0.760. The van der Waals surface area contributed by atoms with E-state index in [9.17, 15) is 9.59 Å². The molecule has 2 atom stereocenters. The topological polar surface area (TPSA) is 78.0 Å². The van der Waals surface area contributed by atoms with E-state index in [4.69, 9.17) is 25.8 Å². The Morgan fingerprint density at radius 2 is 2.06 bits per heavy atom. The van der Waals surface area contributed by atoms with Crippen molar-refractivity contribution in [3.63, 3.8) is 0 Å². The Hall–Kier alpha value is -2.54. The molecule has 0 radical (unpaired) electrons. The lowest BCUT2D eigenvalue weighted by Gasteiger charge is -2.36. The summed E-state index contributed by atoms with van der Waals surface area (Å²) in [5.74, 6) is 0.230. The minimum absolute atomic E-state index is 0.244. The summed E-state index contributed by atoms with van der Waals surface area (Å²) in [7, 11) is 1.32. The first-order valence-corrected chi connectivity index (χ1v) is 10.7. The summed E-state index contributed by atoms with van der Waals surface area (Å²) in [6.45, 7) is 7.53. The molecular weight excluding hydrogens is 420 g/mol. The highest BCUT2D eigenvalue weighted by atomic mass is 35.5. The van der Waals surface area contributed by atoms with Gasteiger partial charge < -0.3 is 14.2 Å². The third-order valence-electron chi connectivity index (χ3n) is 5.83. The molecule has 4 rings (SSSR count). The number of halogens is 1. The maximum atomic E-state index is 12.9. The fraction of sp³-hybridized carbons (Fsp3) is 0.522. The van der Waals surface area contributed by atoms with Crippen molar-refractivity contribution < 1.29 is 23.8 Å². The number of benzene rings is 1. The zero-order valence-corrected chi connectivity index (χ0v) is 19.2. The molecule has 1 saturated heterocycles. The van der Waals surface area contributed by atoms with Crippen LogP contribution in [0.2, 0.25) is 5.02 Å². The van der Waals surface area contributed by atoms with Crippen LogP contribution in [0.25, 0.3) is 10.9 Å². The van der Waals surface area contributed by atoms with Crippen molar-refractivity contribution in [1.29, 1.82) is 0 Å². The van der Waals surface area contributed by atoms with Crippen LogP contribution in [0.4, 0.5) is 4.79 Å². The van der Waals surface area contributed by atoms with E-state index in [0.29, 0.717) is 23.6 Å². The van der Waals surface area contributed by atoms with E-state index >= 15 is 0 Å². The maximum Gasteiger partial charge on any atom is 0.411 e. The second kappa shape index (κ2) is 7.55. The van der Waals surface area contributed by atoms with Crippen molar-refractivity contribution >= 4 is 34.6 Å². The molecule has 166 valence electrons. The Morgan fingerprint density at radius 1 is 1.32 bits per heavy atom. The Morgan fingerprint density at radius 3 is 2.74 bits per heavy atom. The minimum Gasteiger partial charge on any atom is -0.483 e. The number of esters is 1. The van der Waals surface area contributed by atoms with Crippen molar-refractivity contribution in [3.05, 3.63) is 34.5 Å². The monoisotopic (exact) mass is 446 g/mol. The highest BCUT2D eigenvalue weighted by Gasteiger charge is 2.53. The van der Waals surface area contributed by atoms with Crippen LogP contribution in [-0.2, 0) is 20.7 Å². The molecule has 2 aromatic rings. The molecular formula is C23H27ClN2O5. The van der Waals surface area contributed by atoms with E-state index in [0.717, 1.165) is 28.6 Å². The van der Waals surface area contributed by atoms with Gasteiger partial charge in [0.1, 0.15) is 23.0 Å². The number of amides is 1. The summed E-state index contributed by atoms with van der Waals surface area (Å²) in [6.07, 6.45) is 1.17. The Kier molecular flexibility index (Phi) is 5.28. The van der Waals surface area contributed by atoms with Gasteiger partial charge in [0.25, 0.3) is 0 Å². The molecule has 1 spiro atoms. The second-order valence-corrected chi connectivity index (χ2v) is 9.74. The van der Waals surface area contributed by atoms with Crippen LogP contribution in [0.3, 0.4) is 0 Å². The van der Waals surface area contributed by atoms with Crippen LogP contribution >= 0.6 is 11.6 Å². The fourth-order valence-electron chi connectivity index (χ4n) is 4.49. The van der Waals surface area contributed by atoms with E-state index in [-0.39, 0.29) is 6.54 Å². The molecule has 7 nitrogen and oxygen atoms in total. The SMILES string of the molecule is COC(=O)C1CC2(CCc3c(c(C)nc4ccc(Cl)cc34)O2)CN1C(=O)OC(C)(C)C. The molecule has 2 aliphatic heterocycles. The van der Waals surface area contributed by atoms with Crippen LogP contribution < -0.4 is 4.74 Å². The summed E-state index contributed by atoms with van der Waals surface area (Å²) in [6, 6.07) is 4.87. The number of ether oxygens (including phenoxy) is 3. The van der Waals surface area contributed by atoms with Crippen molar-refractivity contribution in [2.24, 2.45) is 0 Å². The standard InChI is InChI=1S/C23H27ClN2O5/c1-13-19-15(16-10-14(24)6-7-17(16)25-13)8-9-23(30-19)11-18(20(27)29-5)26(12-23)21(28)31-22(2,3)4/h6-7,10,18H,8-9,11-12H2,1-5H3. The molecule has 8 heteroatoms. The number of carbonyl (C=O) groups is 2. The van der Waals surface area contributed by atoms with Gasteiger partial charge in [0.2, 0.25) is 0 Å². The van der Waals surface area contributed by atoms with Gasteiger partial charge in [0, 0.05) is 22.4 Å². The number of nitrogens with zero attached hydrogens (tertiary/aromatic N) is 2. The summed E-state index contributed by atoms with van der Waals surface area (Å²) >= 11 is 6.22. The smallest absolute Gasteiger partial charge is 0.411 e. The zero-order chi connectivity index (χ0) is 22.6. The summed E-state index contributed by atoms with van der Waals surface area (Å²) in [5.41, 5.74) is 1.32. The predicted molar refractivity (Wildman–Crippen MR) is 117 cm³/mol. The normalized spacial score (nSPS) is 22.9. The summed E-state index contributed by atoms with van der Waals surface area (Å²) in [4.78, 5) is 31.5. The molecule has 31 heavy (non-hydrogen) atoms. The van der Waals surface area contributed by atoms with Crippen LogP contribution in [0.1, 0.15) is 44.9 Å². The molecule has 0 bridgehead atoms. The first kappa shape index (κ1) is 21.7. The largest absolute Gasteiger partial charge is 0.483 e. The van der Waals surface area contributed by atoms with Gasteiger partial charge in [-0.25, -0.2) is 14.6 Å². The Bertz CT molecular complexity index is 1060. The quantitative estimate of drug-likeness (QED) is 0.602. The third kappa shape index (κ3) is 4.03. The number of likely N-dealkylation sites (tertiary alicyclic amines) is 1. The van der Waals surface area contributed by atoms with Gasteiger partial charge in [-0.15, -0.1) is 0 Å². The fourth-order valence-corrected chi connectivity index (χ4v) is 4.66. The van der Waals surface area contributed by atoms with Gasteiger partial charge in [-0.2, -0.15) is 0 Å². The molecule has 1 aromatic carbocycles. The molecule has 1 fully saturated rings. The molecule has 0 N–H and O–H groups in total. The number of aromatic nitrogens is 1. The van der Waals surface area contributed by atoms with Crippen molar-refractivity contribution in [2.75, 3.05) is 13.7 Å². The second-order valence-electron chi connectivity index (χ2n) is 9.30. The molecule has 1 aromatic heterocycles. The van der Waals surface area contributed by atoms with Gasteiger partial charge in [0.05, 0.1) is 24.9 Å². The third-order valence-corrected chi connectivity index (χ3v) is 6.06. The number of hydrogen-bond donors (Lipinski definition) is 0. The van der Waals surface area contributed by atoms with E-state index in [1.165, 1.54) is 12.0 Å². The van der Waals surface area contributed by atoms with E-state index in [1.54, 1.807) is 20.8 Å². The highest BCUT2D eigenvalue weighted by Crippen LogP contribution is 2.45. The number of aryl methyl sites for hydroxylation is 2. The van der Waals surface area contributed by atoms with Crippen LogP contribution in [0, 0.1) is 6.92 Å². The number of hydrogen-bond acceptors (Lipinski definition) is 6. The number of carbonyl (C=O) groups excluding carboxylic acids is 2. The van der Waals surface area contributed by atoms with Crippen molar-refractivity contribution in [1.82, 2.24) is 9.88 Å². The van der Waals surface area contributed by atoms with Gasteiger partial charge in [-0.1, -0.05) is 11.6 Å². The molecule has 1 amide bonds. The lowest BCUT2D eigenvalue weighted by atomic mass is 9.87. The van der Waals surface area contributed by atoms with Gasteiger partial charge >= 0.3 is 12.1 Å². The average Bonchev–Trinajstić information content (AvgIpc) is 3.06. The van der Waals surface area contributed by atoms with E-state index in [2.05, 4.69) is 4.98 Å². The Labute approximate surface area is 186 Å². The molecule has 0 aliphatic carbocycles. The number of methoxy groups -OCH3 is 1. The average molecular weight is 447 g/mol. The van der Waals surface area contributed by atoms with E-state index in [1.807, 2.05) is 25.1 Å². The summed E-state index contributed by atoms with van der Waals surface area (Å²) < 4.78 is 17.0. The summed E-state index contributed by atoms with van der Waals surface area (Å²) in [5, 5.41) is 1.61. The van der Waals surface area contributed by atoms with Crippen LogP contribution in [0.15, 0.2) is 18.2 Å². The number of rotatable bonds is 1.